The van der Waals surface area contributed by atoms with Crippen molar-refractivity contribution in [2.24, 2.45) is 0 Å². The van der Waals surface area contributed by atoms with E-state index >= 15 is 0 Å². The third-order valence-electron chi connectivity index (χ3n) is 6.60. The SMILES string of the molecule is CC(=O)N1CCN(c2nc(C3CCCCC3)c3c(c2C#N)CCOC3)C[C@H]1C. The zero-order valence-electron chi connectivity index (χ0n) is 17.0. The molecule has 2 fully saturated rings. The van der Waals surface area contributed by atoms with Crippen molar-refractivity contribution in [1.82, 2.24) is 9.88 Å². The van der Waals surface area contributed by atoms with Crippen LogP contribution in [0.25, 0.3) is 0 Å². The van der Waals surface area contributed by atoms with Gasteiger partial charge in [-0.3, -0.25) is 4.79 Å². The first-order chi connectivity index (χ1) is 13.6. The molecule has 1 aromatic heterocycles. The lowest BCUT2D eigenvalue weighted by Gasteiger charge is -2.41. The predicted octanol–water partition coefficient (Wildman–Crippen LogP) is 3.13. The molecule has 0 N–H and O–H groups in total. The molecule has 0 bridgehead atoms. The molecule has 0 spiro atoms. The number of rotatable bonds is 2. The molecule has 0 radical (unpaired) electrons. The first kappa shape index (κ1) is 19.2. The van der Waals surface area contributed by atoms with Gasteiger partial charge in [0.15, 0.2) is 0 Å². The van der Waals surface area contributed by atoms with E-state index in [0.29, 0.717) is 25.7 Å². The number of aromatic nitrogens is 1. The second-order valence-electron chi connectivity index (χ2n) is 8.41. The van der Waals surface area contributed by atoms with Gasteiger partial charge in [-0.1, -0.05) is 19.3 Å². The molecule has 3 heterocycles. The maximum absolute atomic E-state index is 11.9. The molecule has 4 rings (SSSR count). The monoisotopic (exact) mass is 382 g/mol. The Balaban J connectivity index is 1.74. The number of ether oxygens (including phenoxy) is 1. The highest BCUT2D eigenvalue weighted by molar-refractivity contribution is 5.74. The van der Waals surface area contributed by atoms with Gasteiger partial charge in [0.1, 0.15) is 11.9 Å². The van der Waals surface area contributed by atoms with Crippen LogP contribution in [0.1, 0.15) is 74.3 Å². The van der Waals surface area contributed by atoms with Crippen molar-refractivity contribution in [3.8, 4) is 6.07 Å². The van der Waals surface area contributed by atoms with Crippen molar-refractivity contribution < 1.29 is 9.53 Å². The molecule has 0 aromatic carbocycles. The first-order valence-corrected chi connectivity index (χ1v) is 10.7. The first-order valence-electron chi connectivity index (χ1n) is 10.7. The third kappa shape index (κ3) is 3.48. The van der Waals surface area contributed by atoms with E-state index in [4.69, 9.17) is 9.72 Å². The molecule has 150 valence electrons. The van der Waals surface area contributed by atoms with Crippen LogP contribution in [0.3, 0.4) is 0 Å². The lowest BCUT2D eigenvalue weighted by Crippen LogP contribution is -2.54. The normalized spacial score (nSPS) is 23.2. The zero-order valence-corrected chi connectivity index (χ0v) is 17.0. The molecule has 1 saturated heterocycles. The van der Waals surface area contributed by atoms with E-state index in [-0.39, 0.29) is 11.9 Å². The van der Waals surface area contributed by atoms with E-state index in [2.05, 4.69) is 17.9 Å². The van der Waals surface area contributed by atoms with Crippen molar-refractivity contribution >= 4 is 11.7 Å². The van der Waals surface area contributed by atoms with Crippen LogP contribution >= 0.6 is 0 Å². The van der Waals surface area contributed by atoms with E-state index in [1.807, 2.05) is 4.90 Å². The van der Waals surface area contributed by atoms with Crippen molar-refractivity contribution in [2.75, 3.05) is 31.1 Å². The molecule has 2 aliphatic heterocycles. The third-order valence-corrected chi connectivity index (χ3v) is 6.60. The summed E-state index contributed by atoms with van der Waals surface area (Å²) < 4.78 is 5.76. The van der Waals surface area contributed by atoms with E-state index in [0.717, 1.165) is 36.5 Å². The van der Waals surface area contributed by atoms with Gasteiger partial charge in [0.05, 0.1) is 24.5 Å². The number of nitriles is 1. The molecule has 6 nitrogen and oxygen atoms in total. The van der Waals surface area contributed by atoms with Gasteiger partial charge in [-0.05, 0) is 31.7 Å². The Morgan fingerprint density at radius 3 is 2.68 bits per heavy atom. The second-order valence-corrected chi connectivity index (χ2v) is 8.41. The van der Waals surface area contributed by atoms with Crippen LogP contribution in [0.2, 0.25) is 0 Å². The van der Waals surface area contributed by atoms with Gasteiger partial charge in [0.2, 0.25) is 5.91 Å². The minimum Gasteiger partial charge on any atom is -0.376 e. The number of hydrogen-bond acceptors (Lipinski definition) is 5. The summed E-state index contributed by atoms with van der Waals surface area (Å²) in [7, 11) is 0. The molecule has 1 atom stereocenters. The summed E-state index contributed by atoms with van der Waals surface area (Å²) in [6.07, 6.45) is 6.97. The lowest BCUT2D eigenvalue weighted by molar-refractivity contribution is -0.131. The minimum absolute atomic E-state index is 0.117. The highest BCUT2D eigenvalue weighted by atomic mass is 16.5. The van der Waals surface area contributed by atoms with E-state index in [1.54, 1.807) is 6.92 Å². The number of fused-ring (bicyclic) bond motifs is 1. The number of carbonyl (C=O) groups excluding carboxylic acids is 1. The van der Waals surface area contributed by atoms with Crippen molar-refractivity contribution in [3.05, 3.63) is 22.4 Å². The number of amides is 1. The smallest absolute Gasteiger partial charge is 0.219 e. The fraction of sp³-hybridized carbons (Fsp3) is 0.682. The molecule has 6 heteroatoms. The summed E-state index contributed by atoms with van der Waals surface area (Å²) in [6.45, 7) is 7.09. The summed E-state index contributed by atoms with van der Waals surface area (Å²) in [4.78, 5) is 21.1. The number of carbonyl (C=O) groups is 1. The van der Waals surface area contributed by atoms with Crippen LogP contribution in [0.5, 0.6) is 0 Å². The number of anilines is 1. The van der Waals surface area contributed by atoms with Crippen LogP contribution in [0.4, 0.5) is 5.82 Å². The molecule has 1 amide bonds. The topological polar surface area (TPSA) is 69.5 Å². The summed E-state index contributed by atoms with van der Waals surface area (Å²) in [6, 6.07) is 2.58. The summed E-state index contributed by atoms with van der Waals surface area (Å²) in [5, 5.41) is 9.99. The fourth-order valence-electron chi connectivity index (χ4n) is 5.14. The zero-order chi connectivity index (χ0) is 19.7. The largest absolute Gasteiger partial charge is 0.376 e. The quantitative estimate of drug-likeness (QED) is 0.786. The molecule has 1 aromatic rings. The fourth-order valence-corrected chi connectivity index (χ4v) is 5.14. The average Bonchev–Trinajstić information content (AvgIpc) is 2.72. The van der Waals surface area contributed by atoms with E-state index < -0.39 is 0 Å². The summed E-state index contributed by atoms with van der Waals surface area (Å²) in [5.41, 5.74) is 4.22. The van der Waals surface area contributed by atoms with Crippen LogP contribution in [0.15, 0.2) is 0 Å². The molecular weight excluding hydrogens is 352 g/mol. The van der Waals surface area contributed by atoms with Crippen molar-refractivity contribution in [2.45, 2.75) is 70.9 Å². The van der Waals surface area contributed by atoms with Crippen LogP contribution in [-0.2, 0) is 22.6 Å². The lowest BCUT2D eigenvalue weighted by atomic mass is 9.82. The average molecular weight is 383 g/mol. The molecule has 1 saturated carbocycles. The van der Waals surface area contributed by atoms with Gasteiger partial charge >= 0.3 is 0 Å². The van der Waals surface area contributed by atoms with Crippen LogP contribution < -0.4 is 4.90 Å². The summed E-state index contributed by atoms with van der Waals surface area (Å²) >= 11 is 0. The number of nitrogens with zero attached hydrogens (tertiary/aromatic N) is 4. The Hall–Kier alpha value is -2.13. The van der Waals surface area contributed by atoms with Gasteiger partial charge < -0.3 is 14.5 Å². The summed E-state index contributed by atoms with van der Waals surface area (Å²) in [5.74, 6) is 1.43. The Kier molecular flexibility index (Phi) is 5.54. The Labute approximate surface area is 167 Å². The highest BCUT2D eigenvalue weighted by Crippen LogP contribution is 2.39. The van der Waals surface area contributed by atoms with Gasteiger partial charge in [0.25, 0.3) is 0 Å². The predicted molar refractivity (Wildman–Crippen MR) is 107 cm³/mol. The van der Waals surface area contributed by atoms with Gasteiger partial charge in [-0.25, -0.2) is 4.98 Å². The van der Waals surface area contributed by atoms with E-state index in [1.165, 1.54) is 43.4 Å². The van der Waals surface area contributed by atoms with Gasteiger partial charge in [-0.2, -0.15) is 5.26 Å². The Morgan fingerprint density at radius 1 is 1.21 bits per heavy atom. The van der Waals surface area contributed by atoms with Crippen molar-refractivity contribution in [1.29, 1.82) is 5.26 Å². The van der Waals surface area contributed by atoms with Crippen LogP contribution in [-0.4, -0.2) is 48.1 Å². The Morgan fingerprint density at radius 2 is 2.00 bits per heavy atom. The molecule has 1 aliphatic carbocycles. The van der Waals surface area contributed by atoms with Gasteiger partial charge in [0, 0.05) is 44.1 Å². The highest BCUT2D eigenvalue weighted by Gasteiger charge is 2.32. The Bertz CT molecular complexity index is 795. The maximum atomic E-state index is 11.9. The molecule has 0 unspecified atom stereocenters. The maximum Gasteiger partial charge on any atom is 0.219 e. The van der Waals surface area contributed by atoms with Crippen LogP contribution in [0, 0.1) is 11.3 Å². The number of piperazine rings is 1. The van der Waals surface area contributed by atoms with Crippen molar-refractivity contribution in [3.63, 3.8) is 0 Å². The standard InChI is InChI=1S/C22H30N4O2/c1-15-13-25(9-10-26(15)16(2)27)22-19(12-23)18-8-11-28-14-20(18)21(24-22)17-6-4-3-5-7-17/h15,17H,3-11,13-14H2,1-2H3/t15-/m1/s1. The molecule has 28 heavy (non-hydrogen) atoms. The molecule has 3 aliphatic rings. The minimum atomic E-state index is 0.117. The second kappa shape index (κ2) is 8.08. The number of hydrogen-bond donors (Lipinski definition) is 0. The van der Waals surface area contributed by atoms with E-state index in [9.17, 15) is 10.1 Å². The molecular formula is C22H30N4O2. The number of pyridine rings is 1. The van der Waals surface area contributed by atoms with Gasteiger partial charge in [-0.15, -0.1) is 0 Å².